The van der Waals surface area contributed by atoms with Gasteiger partial charge in [0.2, 0.25) is 5.91 Å². The summed E-state index contributed by atoms with van der Waals surface area (Å²) in [6.45, 7) is 5.24. The highest BCUT2D eigenvalue weighted by molar-refractivity contribution is 5.79. The lowest BCUT2D eigenvalue weighted by Crippen LogP contribution is -2.46. The highest BCUT2D eigenvalue weighted by Gasteiger charge is 2.27. The molecule has 1 atom stereocenters. The topological polar surface area (TPSA) is 69.6 Å². The fourth-order valence-corrected chi connectivity index (χ4v) is 2.17. The molecule has 0 saturated carbocycles. The molecular formula is C14H22N2O3. The SMILES string of the molecule is C#CC(NCC(=O)N1CCC(C(=O)O)CC1)C(C)C. The predicted octanol–water partition coefficient (Wildman–Crippen LogP) is 0.557. The van der Waals surface area contributed by atoms with Crippen LogP contribution in [-0.4, -0.2) is 47.6 Å². The Hall–Kier alpha value is -1.54. The molecule has 0 aromatic heterocycles. The van der Waals surface area contributed by atoms with Gasteiger partial charge >= 0.3 is 5.97 Å². The summed E-state index contributed by atoms with van der Waals surface area (Å²) >= 11 is 0. The van der Waals surface area contributed by atoms with Crippen LogP contribution in [0.5, 0.6) is 0 Å². The van der Waals surface area contributed by atoms with Crippen molar-refractivity contribution in [3.8, 4) is 12.3 Å². The van der Waals surface area contributed by atoms with Gasteiger partial charge in [-0.05, 0) is 18.8 Å². The van der Waals surface area contributed by atoms with Gasteiger partial charge in [0.05, 0.1) is 18.5 Å². The van der Waals surface area contributed by atoms with Crippen LogP contribution in [0.15, 0.2) is 0 Å². The third kappa shape index (κ3) is 4.56. The van der Waals surface area contributed by atoms with Crippen molar-refractivity contribution in [2.75, 3.05) is 19.6 Å². The first-order valence-electron chi connectivity index (χ1n) is 6.65. The van der Waals surface area contributed by atoms with E-state index < -0.39 is 5.97 Å². The number of hydrogen-bond acceptors (Lipinski definition) is 3. The fraction of sp³-hybridized carbons (Fsp3) is 0.714. The van der Waals surface area contributed by atoms with E-state index in [1.807, 2.05) is 13.8 Å². The van der Waals surface area contributed by atoms with Crippen molar-refractivity contribution in [3.63, 3.8) is 0 Å². The Morgan fingerprint density at radius 2 is 2.00 bits per heavy atom. The molecular weight excluding hydrogens is 244 g/mol. The summed E-state index contributed by atoms with van der Waals surface area (Å²) in [5, 5.41) is 12.0. The van der Waals surface area contributed by atoms with Crippen molar-refractivity contribution in [1.29, 1.82) is 0 Å². The molecule has 1 heterocycles. The number of hydrogen-bond donors (Lipinski definition) is 2. The van der Waals surface area contributed by atoms with E-state index in [1.165, 1.54) is 0 Å². The second kappa shape index (κ2) is 7.15. The molecule has 0 spiro atoms. The van der Waals surface area contributed by atoms with E-state index >= 15 is 0 Å². The maximum atomic E-state index is 12.0. The van der Waals surface area contributed by atoms with Gasteiger partial charge in [0.15, 0.2) is 0 Å². The average Bonchev–Trinajstić information content (AvgIpc) is 2.38. The standard InChI is InChI=1S/C14H22N2O3/c1-4-12(10(2)3)15-9-13(17)16-7-5-11(6-8-16)14(18)19/h1,10-12,15H,5-9H2,2-3H3,(H,18,19). The minimum absolute atomic E-state index is 0.00950. The summed E-state index contributed by atoms with van der Waals surface area (Å²) in [7, 11) is 0. The number of aliphatic carboxylic acids is 1. The fourth-order valence-electron chi connectivity index (χ4n) is 2.17. The van der Waals surface area contributed by atoms with Crippen LogP contribution in [0.2, 0.25) is 0 Å². The highest BCUT2D eigenvalue weighted by atomic mass is 16.4. The molecule has 106 valence electrons. The molecule has 1 aliphatic rings. The molecule has 0 aromatic rings. The largest absolute Gasteiger partial charge is 0.481 e. The Morgan fingerprint density at radius 1 is 1.42 bits per heavy atom. The Balaban J connectivity index is 2.36. The molecule has 0 bridgehead atoms. The maximum Gasteiger partial charge on any atom is 0.306 e. The van der Waals surface area contributed by atoms with Crippen LogP contribution in [0.4, 0.5) is 0 Å². The van der Waals surface area contributed by atoms with Gasteiger partial charge in [0, 0.05) is 13.1 Å². The summed E-state index contributed by atoms with van der Waals surface area (Å²) in [4.78, 5) is 24.5. The summed E-state index contributed by atoms with van der Waals surface area (Å²) in [6, 6.07) is -0.111. The van der Waals surface area contributed by atoms with Gasteiger partial charge in [-0.25, -0.2) is 0 Å². The average molecular weight is 266 g/mol. The van der Waals surface area contributed by atoms with E-state index in [4.69, 9.17) is 11.5 Å². The smallest absolute Gasteiger partial charge is 0.306 e. The molecule has 5 nitrogen and oxygen atoms in total. The maximum absolute atomic E-state index is 12.0. The first-order chi connectivity index (χ1) is 8.95. The number of carboxylic acids is 1. The lowest BCUT2D eigenvalue weighted by Gasteiger charge is -2.30. The summed E-state index contributed by atoms with van der Waals surface area (Å²) < 4.78 is 0. The van der Waals surface area contributed by atoms with E-state index in [1.54, 1.807) is 4.90 Å². The Kier molecular flexibility index (Phi) is 5.84. The van der Waals surface area contributed by atoms with E-state index in [-0.39, 0.29) is 30.3 Å². The molecule has 1 amide bonds. The number of terminal acetylenes is 1. The highest BCUT2D eigenvalue weighted by Crippen LogP contribution is 2.17. The zero-order valence-electron chi connectivity index (χ0n) is 11.6. The Labute approximate surface area is 114 Å². The number of likely N-dealkylation sites (tertiary alicyclic amines) is 1. The predicted molar refractivity (Wildman–Crippen MR) is 72.4 cm³/mol. The van der Waals surface area contributed by atoms with E-state index in [9.17, 15) is 9.59 Å². The van der Waals surface area contributed by atoms with Crippen LogP contribution in [0, 0.1) is 24.2 Å². The van der Waals surface area contributed by atoms with Crippen molar-refractivity contribution < 1.29 is 14.7 Å². The molecule has 1 fully saturated rings. The van der Waals surface area contributed by atoms with E-state index in [2.05, 4.69) is 11.2 Å². The van der Waals surface area contributed by atoms with E-state index in [0.29, 0.717) is 25.9 Å². The molecule has 19 heavy (non-hydrogen) atoms. The van der Waals surface area contributed by atoms with Gasteiger partial charge < -0.3 is 10.0 Å². The lowest BCUT2D eigenvalue weighted by molar-refractivity contribution is -0.145. The van der Waals surface area contributed by atoms with Crippen LogP contribution in [-0.2, 0) is 9.59 Å². The van der Waals surface area contributed by atoms with Gasteiger partial charge in [0.1, 0.15) is 0 Å². The second-order valence-corrected chi connectivity index (χ2v) is 5.26. The normalized spacial score (nSPS) is 18.1. The van der Waals surface area contributed by atoms with Gasteiger partial charge in [-0.3, -0.25) is 14.9 Å². The number of carboxylic acid groups (broad SMARTS) is 1. The van der Waals surface area contributed by atoms with Gasteiger partial charge in [0.25, 0.3) is 0 Å². The molecule has 1 saturated heterocycles. The van der Waals surface area contributed by atoms with Gasteiger partial charge in [-0.1, -0.05) is 19.8 Å². The summed E-state index contributed by atoms with van der Waals surface area (Å²) in [6.07, 6.45) is 6.45. The number of amides is 1. The van der Waals surface area contributed by atoms with E-state index in [0.717, 1.165) is 0 Å². The zero-order valence-corrected chi connectivity index (χ0v) is 11.6. The number of rotatable bonds is 5. The Morgan fingerprint density at radius 3 is 2.42 bits per heavy atom. The lowest BCUT2D eigenvalue weighted by atomic mass is 9.97. The second-order valence-electron chi connectivity index (χ2n) is 5.26. The zero-order chi connectivity index (χ0) is 14.4. The molecule has 0 radical (unpaired) electrons. The van der Waals surface area contributed by atoms with Crippen molar-refractivity contribution in [2.24, 2.45) is 11.8 Å². The molecule has 1 aliphatic heterocycles. The molecule has 1 rings (SSSR count). The van der Waals surface area contributed by atoms with Crippen LogP contribution >= 0.6 is 0 Å². The minimum Gasteiger partial charge on any atom is -0.481 e. The van der Waals surface area contributed by atoms with Crippen molar-refractivity contribution in [3.05, 3.63) is 0 Å². The molecule has 0 aliphatic carbocycles. The van der Waals surface area contributed by atoms with Crippen molar-refractivity contribution in [2.45, 2.75) is 32.7 Å². The van der Waals surface area contributed by atoms with Crippen LogP contribution in [0.3, 0.4) is 0 Å². The van der Waals surface area contributed by atoms with Gasteiger partial charge in [-0.2, -0.15) is 0 Å². The van der Waals surface area contributed by atoms with Crippen LogP contribution in [0.1, 0.15) is 26.7 Å². The third-order valence-electron chi connectivity index (χ3n) is 3.52. The first kappa shape index (κ1) is 15.5. The molecule has 0 aromatic carbocycles. The van der Waals surface area contributed by atoms with Gasteiger partial charge in [-0.15, -0.1) is 6.42 Å². The van der Waals surface area contributed by atoms with Crippen molar-refractivity contribution >= 4 is 11.9 Å². The Bertz CT molecular complexity index is 365. The molecule has 1 unspecified atom stereocenters. The minimum atomic E-state index is -0.766. The number of nitrogens with one attached hydrogen (secondary N) is 1. The number of piperidine rings is 1. The summed E-state index contributed by atoms with van der Waals surface area (Å²) in [5.74, 6) is 1.81. The monoisotopic (exact) mass is 266 g/mol. The quantitative estimate of drug-likeness (QED) is 0.713. The van der Waals surface area contributed by atoms with Crippen molar-refractivity contribution in [1.82, 2.24) is 10.2 Å². The molecule has 5 heteroatoms. The number of carbonyl (C=O) groups is 2. The number of carbonyl (C=O) groups excluding carboxylic acids is 1. The first-order valence-corrected chi connectivity index (χ1v) is 6.65. The van der Waals surface area contributed by atoms with Crippen LogP contribution in [0.25, 0.3) is 0 Å². The van der Waals surface area contributed by atoms with Crippen LogP contribution < -0.4 is 5.32 Å². The third-order valence-corrected chi connectivity index (χ3v) is 3.52. The summed E-state index contributed by atoms with van der Waals surface area (Å²) in [5.41, 5.74) is 0. The number of nitrogens with zero attached hydrogens (tertiary/aromatic N) is 1. The molecule has 2 N–H and O–H groups in total.